The van der Waals surface area contributed by atoms with Crippen LogP contribution in [0.1, 0.15) is 24.6 Å². The second-order valence-electron chi connectivity index (χ2n) is 4.99. The van der Waals surface area contributed by atoms with Crippen LogP contribution in [0, 0.1) is 0 Å². The molecule has 3 aromatic rings. The Balaban J connectivity index is 1.81. The molecule has 0 saturated heterocycles. The Hall–Kier alpha value is -2.07. The number of unbranched alkanes of at least 4 members (excludes halogenated alkanes) is 1. The van der Waals surface area contributed by atoms with E-state index in [2.05, 4.69) is 24.2 Å². The molecule has 0 unspecified atom stereocenters. The zero-order chi connectivity index (χ0) is 14.7. The Labute approximate surface area is 127 Å². The van der Waals surface area contributed by atoms with Crippen molar-refractivity contribution < 1.29 is 9.63 Å². The molecule has 2 heterocycles. The van der Waals surface area contributed by atoms with Crippen LogP contribution in [0.5, 0.6) is 5.75 Å². The molecule has 0 fully saturated rings. The first-order chi connectivity index (χ1) is 10.3. The molecular formula is C17H17NO2S. The predicted molar refractivity (Wildman–Crippen MR) is 85.5 cm³/mol. The highest BCUT2D eigenvalue weighted by atomic mass is 32.1. The molecule has 2 aromatic heterocycles. The molecular weight excluding hydrogens is 282 g/mol. The van der Waals surface area contributed by atoms with Crippen molar-refractivity contribution in [1.82, 2.24) is 5.16 Å². The van der Waals surface area contributed by atoms with Crippen LogP contribution in [0.15, 0.2) is 47.0 Å². The van der Waals surface area contributed by atoms with Gasteiger partial charge in [0.2, 0.25) is 0 Å². The molecule has 4 heteroatoms. The van der Waals surface area contributed by atoms with Crippen molar-refractivity contribution in [2.24, 2.45) is 0 Å². The fourth-order valence-corrected chi connectivity index (χ4v) is 3.16. The SMILES string of the molecule is CCCCc1ccc(-c2cc(-c3ccc(O)cc3)on2)s1. The van der Waals surface area contributed by atoms with Gasteiger partial charge in [-0.2, -0.15) is 0 Å². The zero-order valence-electron chi connectivity index (χ0n) is 11.9. The van der Waals surface area contributed by atoms with Gasteiger partial charge >= 0.3 is 0 Å². The van der Waals surface area contributed by atoms with Gasteiger partial charge in [-0.25, -0.2) is 0 Å². The second kappa shape index (κ2) is 6.14. The normalized spacial score (nSPS) is 10.9. The standard InChI is InChI=1S/C17H17NO2S/c1-2-3-4-14-9-10-17(21-14)15-11-16(20-18-15)12-5-7-13(19)8-6-12/h5-11,19H,2-4H2,1H3. The van der Waals surface area contributed by atoms with Crippen molar-refractivity contribution in [3.63, 3.8) is 0 Å². The fraction of sp³-hybridized carbons (Fsp3) is 0.235. The van der Waals surface area contributed by atoms with Crippen LogP contribution < -0.4 is 0 Å². The van der Waals surface area contributed by atoms with Crippen LogP contribution in [0.3, 0.4) is 0 Å². The number of aromatic hydroxyl groups is 1. The maximum atomic E-state index is 9.32. The third-order valence-electron chi connectivity index (χ3n) is 3.35. The lowest BCUT2D eigenvalue weighted by Crippen LogP contribution is -1.76. The summed E-state index contributed by atoms with van der Waals surface area (Å²) in [6.07, 6.45) is 3.56. The Morgan fingerprint density at radius 1 is 1.14 bits per heavy atom. The van der Waals surface area contributed by atoms with Crippen molar-refractivity contribution in [3.05, 3.63) is 47.3 Å². The number of nitrogens with zero attached hydrogens (tertiary/aromatic N) is 1. The average molecular weight is 299 g/mol. The molecule has 3 rings (SSSR count). The van der Waals surface area contributed by atoms with Crippen LogP contribution in [0.4, 0.5) is 0 Å². The topological polar surface area (TPSA) is 46.3 Å². The van der Waals surface area contributed by atoms with E-state index in [1.807, 2.05) is 18.2 Å². The van der Waals surface area contributed by atoms with E-state index in [0.717, 1.165) is 22.6 Å². The van der Waals surface area contributed by atoms with Gasteiger partial charge in [0.1, 0.15) is 11.4 Å². The van der Waals surface area contributed by atoms with Gasteiger partial charge in [-0.3, -0.25) is 0 Å². The maximum Gasteiger partial charge on any atom is 0.167 e. The smallest absolute Gasteiger partial charge is 0.167 e. The molecule has 108 valence electrons. The third-order valence-corrected chi connectivity index (χ3v) is 4.52. The summed E-state index contributed by atoms with van der Waals surface area (Å²) in [5.74, 6) is 0.964. The molecule has 0 radical (unpaired) electrons. The number of thiophene rings is 1. The molecule has 0 saturated carbocycles. The summed E-state index contributed by atoms with van der Waals surface area (Å²) < 4.78 is 5.41. The van der Waals surface area contributed by atoms with Gasteiger partial charge < -0.3 is 9.63 Å². The van der Waals surface area contributed by atoms with Gasteiger partial charge in [0.05, 0.1) is 4.88 Å². The summed E-state index contributed by atoms with van der Waals surface area (Å²) in [6.45, 7) is 2.20. The molecule has 0 amide bonds. The minimum atomic E-state index is 0.248. The molecule has 0 aliphatic rings. The number of hydrogen-bond donors (Lipinski definition) is 1. The first kappa shape index (κ1) is 13.9. The average Bonchev–Trinajstić information content (AvgIpc) is 3.15. The summed E-state index contributed by atoms with van der Waals surface area (Å²) >= 11 is 1.77. The number of aryl methyl sites for hydroxylation is 1. The maximum absolute atomic E-state index is 9.32. The summed E-state index contributed by atoms with van der Waals surface area (Å²) in [5.41, 5.74) is 1.78. The molecule has 0 aliphatic heterocycles. The number of phenols is 1. The van der Waals surface area contributed by atoms with E-state index in [1.165, 1.54) is 17.7 Å². The first-order valence-electron chi connectivity index (χ1n) is 7.11. The number of benzene rings is 1. The Morgan fingerprint density at radius 3 is 2.71 bits per heavy atom. The van der Waals surface area contributed by atoms with Crippen molar-refractivity contribution in [1.29, 1.82) is 0 Å². The minimum absolute atomic E-state index is 0.248. The van der Waals surface area contributed by atoms with E-state index in [1.54, 1.807) is 23.5 Å². The first-order valence-corrected chi connectivity index (χ1v) is 7.93. The third kappa shape index (κ3) is 3.16. The summed E-state index contributed by atoms with van der Waals surface area (Å²) in [6, 6.07) is 13.2. The van der Waals surface area contributed by atoms with E-state index >= 15 is 0 Å². The second-order valence-corrected chi connectivity index (χ2v) is 6.16. The van der Waals surface area contributed by atoms with E-state index in [0.29, 0.717) is 5.76 Å². The number of hydrogen-bond acceptors (Lipinski definition) is 4. The predicted octanol–water partition coefficient (Wildman–Crippen LogP) is 5.12. The van der Waals surface area contributed by atoms with Crippen molar-refractivity contribution >= 4 is 11.3 Å². The highest BCUT2D eigenvalue weighted by Gasteiger charge is 2.10. The van der Waals surface area contributed by atoms with Crippen molar-refractivity contribution in [3.8, 4) is 27.6 Å². The van der Waals surface area contributed by atoms with E-state index in [-0.39, 0.29) is 5.75 Å². The van der Waals surface area contributed by atoms with E-state index in [9.17, 15) is 5.11 Å². The molecule has 1 aromatic carbocycles. The van der Waals surface area contributed by atoms with Gasteiger partial charge in [-0.1, -0.05) is 18.5 Å². The van der Waals surface area contributed by atoms with Crippen LogP contribution >= 0.6 is 11.3 Å². The Morgan fingerprint density at radius 2 is 1.95 bits per heavy atom. The van der Waals surface area contributed by atoms with Gasteiger partial charge in [0.25, 0.3) is 0 Å². The van der Waals surface area contributed by atoms with Gasteiger partial charge in [0.15, 0.2) is 5.76 Å². The fourth-order valence-electron chi connectivity index (χ4n) is 2.15. The largest absolute Gasteiger partial charge is 0.508 e. The number of rotatable bonds is 5. The zero-order valence-corrected chi connectivity index (χ0v) is 12.7. The van der Waals surface area contributed by atoms with Gasteiger partial charge in [-0.15, -0.1) is 11.3 Å². The lowest BCUT2D eigenvalue weighted by Gasteiger charge is -1.94. The summed E-state index contributed by atoms with van der Waals surface area (Å²) in [5, 5.41) is 13.5. The minimum Gasteiger partial charge on any atom is -0.508 e. The number of phenolic OH excluding ortho intramolecular Hbond substituents is 1. The highest BCUT2D eigenvalue weighted by molar-refractivity contribution is 7.15. The van der Waals surface area contributed by atoms with Crippen LogP contribution in [-0.4, -0.2) is 10.3 Å². The lowest BCUT2D eigenvalue weighted by atomic mass is 10.1. The Kier molecular flexibility index (Phi) is 4.06. The van der Waals surface area contributed by atoms with Crippen molar-refractivity contribution in [2.75, 3.05) is 0 Å². The van der Waals surface area contributed by atoms with E-state index in [4.69, 9.17) is 4.52 Å². The van der Waals surface area contributed by atoms with E-state index < -0.39 is 0 Å². The molecule has 0 spiro atoms. The molecule has 3 nitrogen and oxygen atoms in total. The van der Waals surface area contributed by atoms with Crippen LogP contribution in [0.2, 0.25) is 0 Å². The summed E-state index contributed by atoms with van der Waals surface area (Å²) in [4.78, 5) is 2.52. The molecule has 0 atom stereocenters. The molecule has 0 bridgehead atoms. The molecule has 1 N–H and O–H groups in total. The number of aromatic nitrogens is 1. The van der Waals surface area contributed by atoms with Gasteiger partial charge in [-0.05, 0) is 49.2 Å². The lowest BCUT2D eigenvalue weighted by molar-refractivity contribution is 0.435. The van der Waals surface area contributed by atoms with Crippen LogP contribution in [-0.2, 0) is 6.42 Å². The summed E-state index contributed by atoms with van der Waals surface area (Å²) in [7, 11) is 0. The highest BCUT2D eigenvalue weighted by Crippen LogP contribution is 2.31. The quantitative estimate of drug-likeness (QED) is 0.711. The van der Waals surface area contributed by atoms with Gasteiger partial charge in [0, 0.05) is 16.5 Å². The van der Waals surface area contributed by atoms with Crippen molar-refractivity contribution in [2.45, 2.75) is 26.2 Å². The molecule has 0 aliphatic carbocycles. The molecule has 21 heavy (non-hydrogen) atoms. The monoisotopic (exact) mass is 299 g/mol. The Bertz CT molecular complexity index is 712. The van der Waals surface area contributed by atoms with Crippen LogP contribution in [0.25, 0.3) is 21.9 Å².